The number of nitriles is 1. The number of rotatable bonds is 5. The minimum Gasteiger partial charge on any atom is -0.494 e. The molecule has 0 bridgehead atoms. The van der Waals surface area contributed by atoms with Crippen LogP contribution in [0, 0.1) is 23.0 Å². The average molecular weight is 478 g/mol. The number of likely N-dealkylation sites (tertiary alicyclic amines) is 1. The summed E-state index contributed by atoms with van der Waals surface area (Å²) in [6, 6.07) is 10.4. The Morgan fingerprint density at radius 3 is 2.60 bits per heavy atom. The highest BCUT2D eigenvalue weighted by atomic mass is 19.1. The molecule has 1 saturated heterocycles. The van der Waals surface area contributed by atoms with Gasteiger partial charge in [0.15, 0.2) is 17.3 Å². The lowest BCUT2D eigenvalue weighted by molar-refractivity contribution is 0.0702. The topological polar surface area (TPSA) is 97.2 Å². The first-order chi connectivity index (χ1) is 16.9. The fourth-order valence-electron chi connectivity index (χ4n) is 4.66. The maximum absolute atomic E-state index is 14.7. The molecule has 1 atom stereocenters. The summed E-state index contributed by atoms with van der Waals surface area (Å²) in [4.78, 5) is 20.1. The first kappa shape index (κ1) is 23.0. The molecular formula is C26H25F2N5O2. The van der Waals surface area contributed by atoms with Gasteiger partial charge in [-0.25, -0.2) is 13.8 Å². The molecule has 1 aliphatic heterocycles. The summed E-state index contributed by atoms with van der Waals surface area (Å²) < 4.78 is 36.1. The second kappa shape index (κ2) is 9.12. The smallest absolute Gasteiger partial charge is 0.274 e. The molecule has 1 saturated carbocycles. The molecule has 7 nitrogen and oxygen atoms in total. The summed E-state index contributed by atoms with van der Waals surface area (Å²) in [6.45, 7) is 1.02. The van der Waals surface area contributed by atoms with Gasteiger partial charge in [0.25, 0.3) is 5.91 Å². The van der Waals surface area contributed by atoms with E-state index >= 15 is 0 Å². The number of halogens is 2. The van der Waals surface area contributed by atoms with Crippen molar-refractivity contribution < 1.29 is 18.3 Å². The van der Waals surface area contributed by atoms with Crippen LogP contribution in [0.2, 0.25) is 0 Å². The summed E-state index contributed by atoms with van der Waals surface area (Å²) >= 11 is 0. The molecule has 0 unspecified atom stereocenters. The molecule has 9 heteroatoms. The van der Waals surface area contributed by atoms with Gasteiger partial charge in [0.2, 0.25) is 0 Å². The number of hydrogen-bond donors (Lipinski definition) is 1. The van der Waals surface area contributed by atoms with Crippen LogP contribution in [0.5, 0.6) is 5.75 Å². The molecule has 2 aliphatic rings. The Labute approximate surface area is 201 Å². The number of methoxy groups -OCH3 is 1. The number of aromatic nitrogens is 2. The highest BCUT2D eigenvalue weighted by Crippen LogP contribution is 2.45. The van der Waals surface area contributed by atoms with E-state index in [4.69, 9.17) is 20.7 Å². The van der Waals surface area contributed by atoms with Gasteiger partial charge >= 0.3 is 0 Å². The zero-order valence-electron chi connectivity index (χ0n) is 19.3. The summed E-state index contributed by atoms with van der Waals surface area (Å²) in [5.41, 5.74) is 7.81. The Hall–Kier alpha value is -3.77. The van der Waals surface area contributed by atoms with Crippen LogP contribution in [-0.2, 0) is 0 Å². The lowest BCUT2D eigenvalue weighted by Crippen LogP contribution is -2.46. The van der Waals surface area contributed by atoms with Gasteiger partial charge in [0.1, 0.15) is 17.7 Å². The standard InChI is InChI=1S/C26H25F2N5O2/c1-35-22-9-8-19(12-21(22)28)33-24(15-4-5-15)23(26(34)32-10-2-3-18(30)14-32)31-25(33)16-6-7-17(13-29)20(27)11-16/h6-9,11-12,15,18H,2-5,10,14,30H2,1H3/t18-/m0/s1. The number of amides is 1. The lowest BCUT2D eigenvalue weighted by atomic mass is 10.1. The summed E-state index contributed by atoms with van der Waals surface area (Å²) in [5, 5.41) is 9.14. The van der Waals surface area contributed by atoms with Crippen molar-refractivity contribution in [1.82, 2.24) is 14.5 Å². The molecule has 1 aromatic heterocycles. The Balaban J connectivity index is 1.71. The minimum absolute atomic E-state index is 0.0713. The quantitative estimate of drug-likeness (QED) is 0.596. The van der Waals surface area contributed by atoms with Gasteiger partial charge in [-0.15, -0.1) is 0 Å². The van der Waals surface area contributed by atoms with Crippen LogP contribution in [0.4, 0.5) is 8.78 Å². The highest BCUT2D eigenvalue weighted by molar-refractivity contribution is 5.95. The summed E-state index contributed by atoms with van der Waals surface area (Å²) in [6.07, 6.45) is 3.40. The first-order valence-corrected chi connectivity index (χ1v) is 11.6. The predicted molar refractivity (Wildman–Crippen MR) is 125 cm³/mol. The van der Waals surface area contributed by atoms with Gasteiger partial charge in [-0.2, -0.15) is 5.26 Å². The Kier molecular flexibility index (Phi) is 5.99. The molecule has 2 heterocycles. The molecule has 0 radical (unpaired) electrons. The van der Waals surface area contributed by atoms with Gasteiger partial charge in [-0.05, 0) is 56.0 Å². The van der Waals surface area contributed by atoms with Crippen molar-refractivity contribution in [2.75, 3.05) is 20.2 Å². The van der Waals surface area contributed by atoms with Gasteiger partial charge in [-0.3, -0.25) is 9.36 Å². The number of imidazole rings is 1. The molecule has 5 rings (SSSR count). The summed E-state index contributed by atoms with van der Waals surface area (Å²) in [7, 11) is 1.38. The van der Waals surface area contributed by atoms with Gasteiger partial charge in [0, 0.05) is 36.7 Å². The maximum Gasteiger partial charge on any atom is 0.274 e. The van der Waals surface area contributed by atoms with Crippen molar-refractivity contribution in [1.29, 1.82) is 5.26 Å². The Morgan fingerprint density at radius 1 is 1.17 bits per heavy atom. The fraction of sp³-hybridized carbons (Fsp3) is 0.346. The third kappa shape index (κ3) is 4.26. The van der Waals surface area contributed by atoms with Crippen molar-refractivity contribution in [2.45, 2.75) is 37.6 Å². The number of hydrogen-bond acceptors (Lipinski definition) is 5. The fourth-order valence-corrected chi connectivity index (χ4v) is 4.66. The van der Waals surface area contributed by atoms with Gasteiger partial charge < -0.3 is 15.4 Å². The van der Waals surface area contributed by atoms with Crippen molar-refractivity contribution in [3.05, 3.63) is 65.0 Å². The molecular weight excluding hydrogens is 452 g/mol. The number of carbonyl (C=O) groups excluding carboxylic acids is 1. The van der Waals surface area contributed by atoms with Crippen LogP contribution in [0.1, 0.15) is 53.3 Å². The van der Waals surface area contributed by atoms with Crippen LogP contribution >= 0.6 is 0 Å². The van der Waals surface area contributed by atoms with E-state index in [1.807, 2.05) is 6.07 Å². The van der Waals surface area contributed by atoms with Crippen molar-refractivity contribution in [2.24, 2.45) is 5.73 Å². The number of carbonyl (C=O) groups is 1. The number of benzene rings is 2. The van der Waals surface area contributed by atoms with E-state index in [1.165, 1.54) is 31.4 Å². The molecule has 1 aliphatic carbocycles. The summed E-state index contributed by atoms with van der Waals surface area (Å²) in [5.74, 6) is -1.02. The van der Waals surface area contributed by atoms with Crippen LogP contribution in [0.15, 0.2) is 36.4 Å². The molecule has 2 fully saturated rings. The normalized spacial score (nSPS) is 17.8. The van der Waals surface area contributed by atoms with E-state index < -0.39 is 11.6 Å². The van der Waals surface area contributed by atoms with E-state index in [9.17, 15) is 13.6 Å². The second-order valence-corrected chi connectivity index (χ2v) is 9.06. The number of nitrogens with two attached hydrogens (primary N) is 1. The Morgan fingerprint density at radius 2 is 1.97 bits per heavy atom. The number of nitrogens with zero attached hydrogens (tertiary/aromatic N) is 4. The molecule has 1 amide bonds. The SMILES string of the molecule is COc1ccc(-n2c(-c3ccc(C#N)c(F)c3)nc(C(=O)N3CCC[C@H](N)C3)c2C2CC2)cc1F. The number of ether oxygens (including phenoxy) is 1. The molecule has 2 N–H and O–H groups in total. The molecule has 0 spiro atoms. The average Bonchev–Trinajstić information content (AvgIpc) is 3.62. The Bertz CT molecular complexity index is 1340. The zero-order chi connectivity index (χ0) is 24.7. The van der Waals surface area contributed by atoms with Crippen molar-refractivity contribution in [3.8, 4) is 28.9 Å². The zero-order valence-corrected chi connectivity index (χ0v) is 19.3. The van der Waals surface area contributed by atoms with Gasteiger partial charge in [-0.1, -0.05) is 0 Å². The number of piperidine rings is 1. The first-order valence-electron chi connectivity index (χ1n) is 11.6. The van der Waals surface area contributed by atoms with Crippen molar-refractivity contribution >= 4 is 5.91 Å². The van der Waals surface area contributed by atoms with Crippen LogP contribution in [-0.4, -0.2) is 46.6 Å². The minimum atomic E-state index is -0.691. The van der Waals surface area contributed by atoms with E-state index in [1.54, 1.807) is 21.6 Å². The third-order valence-corrected chi connectivity index (χ3v) is 6.57. The van der Waals surface area contributed by atoms with Crippen LogP contribution < -0.4 is 10.5 Å². The predicted octanol–water partition coefficient (Wildman–Crippen LogP) is 4.14. The van der Waals surface area contributed by atoms with Crippen LogP contribution in [0.25, 0.3) is 17.1 Å². The molecule has 35 heavy (non-hydrogen) atoms. The third-order valence-electron chi connectivity index (χ3n) is 6.57. The van der Waals surface area contributed by atoms with E-state index in [-0.39, 0.29) is 34.9 Å². The highest BCUT2D eigenvalue weighted by Gasteiger charge is 2.37. The van der Waals surface area contributed by atoms with Gasteiger partial charge in [0.05, 0.1) is 24.1 Å². The van der Waals surface area contributed by atoms with Crippen molar-refractivity contribution in [3.63, 3.8) is 0 Å². The van der Waals surface area contributed by atoms with Crippen LogP contribution in [0.3, 0.4) is 0 Å². The second-order valence-electron chi connectivity index (χ2n) is 9.06. The monoisotopic (exact) mass is 477 g/mol. The molecule has 2 aromatic carbocycles. The lowest BCUT2D eigenvalue weighted by Gasteiger charge is -2.30. The van der Waals surface area contributed by atoms with E-state index in [0.717, 1.165) is 25.7 Å². The molecule has 3 aromatic rings. The largest absolute Gasteiger partial charge is 0.494 e. The van der Waals surface area contributed by atoms with E-state index in [2.05, 4.69) is 0 Å². The van der Waals surface area contributed by atoms with E-state index in [0.29, 0.717) is 35.9 Å². The molecule has 180 valence electrons. The maximum atomic E-state index is 14.7.